The van der Waals surface area contributed by atoms with Gasteiger partial charge in [-0.1, -0.05) is 6.42 Å². The number of aryl methyl sites for hydroxylation is 2. The lowest BCUT2D eigenvalue weighted by Gasteiger charge is -2.42. The third-order valence-corrected chi connectivity index (χ3v) is 3.99. The number of aliphatic hydroxyl groups is 1. The van der Waals surface area contributed by atoms with Gasteiger partial charge in [0.05, 0.1) is 5.69 Å². The Hall–Kier alpha value is -0.870. The topological polar surface area (TPSA) is 50.1 Å². The second-order valence-corrected chi connectivity index (χ2v) is 5.34. The molecule has 1 aliphatic rings. The molecule has 2 rings (SSSR count). The van der Waals surface area contributed by atoms with Crippen molar-refractivity contribution in [2.45, 2.75) is 39.2 Å². The summed E-state index contributed by atoms with van der Waals surface area (Å²) in [4.78, 5) is 0. The Balaban J connectivity index is 1.81. The molecule has 1 aromatic rings. The van der Waals surface area contributed by atoms with Gasteiger partial charge in [0.15, 0.2) is 0 Å². The summed E-state index contributed by atoms with van der Waals surface area (Å²) in [5, 5.41) is 16.9. The molecule has 1 fully saturated rings. The van der Waals surface area contributed by atoms with Crippen LogP contribution < -0.4 is 5.32 Å². The lowest BCUT2D eigenvalue weighted by atomic mass is 9.67. The molecule has 0 aromatic carbocycles. The van der Waals surface area contributed by atoms with E-state index in [9.17, 15) is 0 Å². The molecule has 0 bridgehead atoms. The second kappa shape index (κ2) is 5.19. The average molecular weight is 237 g/mol. The van der Waals surface area contributed by atoms with E-state index in [1.54, 1.807) is 0 Å². The van der Waals surface area contributed by atoms with Crippen LogP contribution in [0.2, 0.25) is 0 Å². The molecule has 0 unspecified atom stereocenters. The molecule has 0 aliphatic heterocycles. The van der Waals surface area contributed by atoms with E-state index < -0.39 is 0 Å². The first-order chi connectivity index (χ1) is 8.15. The zero-order valence-corrected chi connectivity index (χ0v) is 10.9. The zero-order chi connectivity index (χ0) is 12.3. The van der Waals surface area contributed by atoms with Gasteiger partial charge in [-0.25, -0.2) is 0 Å². The van der Waals surface area contributed by atoms with Crippen LogP contribution in [-0.2, 0) is 13.6 Å². The van der Waals surface area contributed by atoms with Gasteiger partial charge in [0, 0.05) is 38.5 Å². The molecular weight excluding hydrogens is 214 g/mol. The highest BCUT2D eigenvalue weighted by atomic mass is 16.3. The molecule has 2 N–H and O–H groups in total. The standard InChI is InChI=1S/C13H23N3O/c1-11-12(9-16(2)15-11)8-14-10-13(6-7-17)4-3-5-13/h9,14,17H,3-8,10H2,1-2H3. The molecule has 1 saturated carbocycles. The lowest BCUT2D eigenvalue weighted by molar-refractivity contribution is 0.0859. The van der Waals surface area contributed by atoms with Crippen molar-refractivity contribution in [2.75, 3.05) is 13.2 Å². The predicted octanol–water partition coefficient (Wildman–Crippen LogP) is 1.37. The first-order valence-electron chi connectivity index (χ1n) is 6.46. The maximum atomic E-state index is 9.09. The van der Waals surface area contributed by atoms with E-state index >= 15 is 0 Å². The van der Waals surface area contributed by atoms with Crippen LogP contribution in [0, 0.1) is 12.3 Å². The number of hydrogen-bond acceptors (Lipinski definition) is 3. The van der Waals surface area contributed by atoms with Gasteiger partial charge in [0.1, 0.15) is 0 Å². The van der Waals surface area contributed by atoms with Crippen LogP contribution in [0.4, 0.5) is 0 Å². The van der Waals surface area contributed by atoms with E-state index in [1.807, 2.05) is 18.7 Å². The largest absolute Gasteiger partial charge is 0.396 e. The van der Waals surface area contributed by atoms with E-state index in [1.165, 1.54) is 24.8 Å². The van der Waals surface area contributed by atoms with Crippen LogP contribution in [0.15, 0.2) is 6.20 Å². The summed E-state index contributed by atoms with van der Waals surface area (Å²) < 4.78 is 1.86. The van der Waals surface area contributed by atoms with Crippen LogP contribution in [0.5, 0.6) is 0 Å². The first-order valence-corrected chi connectivity index (χ1v) is 6.46. The molecule has 0 saturated heterocycles. The van der Waals surface area contributed by atoms with Gasteiger partial charge in [0.25, 0.3) is 0 Å². The van der Waals surface area contributed by atoms with E-state index in [0.29, 0.717) is 12.0 Å². The maximum absolute atomic E-state index is 9.09. The number of hydrogen-bond donors (Lipinski definition) is 2. The number of aliphatic hydroxyl groups excluding tert-OH is 1. The van der Waals surface area contributed by atoms with Gasteiger partial charge >= 0.3 is 0 Å². The highest BCUT2D eigenvalue weighted by molar-refractivity contribution is 5.14. The molecule has 1 heterocycles. The molecular formula is C13H23N3O. The number of aromatic nitrogens is 2. The second-order valence-electron chi connectivity index (χ2n) is 5.34. The van der Waals surface area contributed by atoms with Gasteiger partial charge in [-0.3, -0.25) is 4.68 Å². The molecule has 0 spiro atoms. The molecule has 0 amide bonds. The summed E-state index contributed by atoms with van der Waals surface area (Å²) in [6, 6.07) is 0. The molecule has 4 heteroatoms. The van der Waals surface area contributed by atoms with Crippen molar-refractivity contribution in [1.29, 1.82) is 0 Å². The number of nitrogens with zero attached hydrogens (tertiary/aromatic N) is 2. The van der Waals surface area contributed by atoms with Crippen molar-refractivity contribution in [1.82, 2.24) is 15.1 Å². The van der Waals surface area contributed by atoms with Gasteiger partial charge < -0.3 is 10.4 Å². The monoisotopic (exact) mass is 237 g/mol. The van der Waals surface area contributed by atoms with Crippen molar-refractivity contribution in [3.63, 3.8) is 0 Å². The minimum atomic E-state index is 0.313. The number of nitrogens with one attached hydrogen (secondary N) is 1. The van der Waals surface area contributed by atoms with Crippen LogP contribution in [-0.4, -0.2) is 28.0 Å². The summed E-state index contributed by atoms with van der Waals surface area (Å²) in [7, 11) is 1.95. The van der Waals surface area contributed by atoms with Gasteiger partial charge in [-0.15, -0.1) is 0 Å². The lowest BCUT2D eigenvalue weighted by Crippen LogP contribution is -2.40. The van der Waals surface area contributed by atoms with E-state index in [0.717, 1.165) is 25.2 Å². The minimum absolute atomic E-state index is 0.313. The third-order valence-electron chi connectivity index (χ3n) is 3.99. The average Bonchev–Trinajstić information content (AvgIpc) is 2.54. The van der Waals surface area contributed by atoms with Crippen molar-refractivity contribution in [3.05, 3.63) is 17.5 Å². The fourth-order valence-corrected chi connectivity index (χ4v) is 2.71. The van der Waals surface area contributed by atoms with Crippen molar-refractivity contribution in [3.8, 4) is 0 Å². The Kier molecular flexibility index (Phi) is 3.84. The maximum Gasteiger partial charge on any atom is 0.0638 e. The van der Waals surface area contributed by atoms with E-state index in [2.05, 4.69) is 16.6 Å². The Bertz CT molecular complexity index is 369. The Labute approximate surface area is 103 Å². The molecule has 1 aromatic heterocycles. The summed E-state index contributed by atoms with van der Waals surface area (Å²) in [5.74, 6) is 0. The summed E-state index contributed by atoms with van der Waals surface area (Å²) in [6.45, 7) is 4.26. The van der Waals surface area contributed by atoms with Gasteiger partial charge in [-0.2, -0.15) is 5.10 Å². The third kappa shape index (κ3) is 2.87. The fraction of sp³-hybridized carbons (Fsp3) is 0.769. The van der Waals surface area contributed by atoms with Crippen LogP contribution >= 0.6 is 0 Å². The molecule has 0 atom stereocenters. The summed E-state index contributed by atoms with van der Waals surface area (Å²) in [6.07, 6.45) is 6.83. The highest BCUT2D eigenvalue weighted by Gasteiger charge is 2.35. The summed E-state index contributed by atoms with van der Waals surface area (Å²) in [5.41, 5.74) is 2.74. The molecule has 0 radical (unpaired) electrons. The smallest absolute Gasteiger partial charge is 0.0638 e. The highest BCUT2D eigenvalue weighted by Crippen LogP contribution is 2.43. The fourth-order valence-electron chi connectivity index (χ4n) is 2.71. The molecule has 1 aliphatic carbocycles. The van der Waals surface area contributed by atoms with Crippen molar-refractivity contribution < 1.29 is 5.11 Å². The first kappa shape index (κ1) is 12.6. The van der Waals surface area contributed by atoms with Crippen LogP contribution in [0.3, 0.4) is 0 Å². The zero-order valence-electron chi connectivity index (χ0n) is 10.9. The Morgan fingerprint density at radius 2 is 2.29 bits per heavy atom. The Morgan fingerprint density at radius 1 is 1.53 bits per heavy atom. The van der Waals surface area contributed by atoms with Crippen molar-refractivity contribution in [2.24, 2.45) is 12.5 Å². The predicted molar refractivity (Wildman–Crippen MR) is 67.6 cm³/mol. The molecule has 4 nitrogen and oxygen atoms in total. The Morgan fingerprint density at radius 3 is 2.76 bits per heavy atom. The van der Waals surface area contributed by atoms with Crippen LogP contribution in [0.25, 0.3) is 0 Å². The van der Waals surface area contributed by atoms with E-state index in [-0.39, 0.29) is 0 Å². The van der Waals surface area contributed by atoms with Crippen LogP contribution in [0.1, 0.15) is 36.9 Å². The molecule has 96 valence electrons. The molecule has 17 heavy (non-hydrogen) atoms. The van der Waals surface area contributed by atoms with Gasteiger partial charge in [0.2, 0.25) is 0 Å². The van der Waals surface area contributed by atoms with E-state index in [4.69, 9.17) is 5.11 Å². The minimum Gasteiger partial charge on any atom is -0.396 e. The normalized spacial score (nSPS) is 18.1. The number of rotatable bonds is 6. The SMILES string of the molecule is Cc1nn(C)cc1CNCC1(CCO)CCC1. The summed E-state index contributed by atoms with van der Waals surface area (Å²) >= 11 is 0. The quantitative estimate of drug-likeness (QED) is 0.785. The van der Waals surface area contributed by atoms with Gasteiger partial charge in [-0.05, 0) is 31.6 Å². The van der Waals surface area contributed by atoms with Crippen molar-refractivity contribution >= 4 is 0 Å².